The van der Waals surface area contributed by atoms with Crippen molar-refractivity contribution in [1.82, 2.24) is 15.0 Å². The molecule has 0 atom stereocenters. The average molecular weight is 473 g/mol. The second-order valence-corrected chi connectivity index (χ2v) is 8.77. The van der Waals surface area contributed by atoms with Gasteiger partial charge in [0.15, 0.2) is 0 Å². The summed E-state index contributed by atoms with van der Waals surface area (Å²) in [5.74, 6) is -1.14. The summed E-state index contributed by atoms with van der Waals surface area (Å²) < 4.78 is 67.3. The van der Waals surface area contributed by atoms with Crippen LogP contribution in [-0.4, -0.2) is 34.5 Å². The minimum atomic E-state index is -4.72. The lowest BCUT2D eigenvalue weighted by Crippen LogP contribution is -2.09. The zero-order chi connectivity index (χ0) is 23.8. The Bertz CT molecular complexity index is 1430. The van der Waals surface area contributed by atoms with Crippen LogP contribution in [0.2, 0.25) is 0 Å². The van der Waals surface area contributed by atoms with Crippen LogP contribution in [-0.2, 0) is 16.0 Å². The number of hydrogen-bond acceptors (Lipinski definition) is 5. The molecule has 0 unspecified atom stereocenters. The maximum atomic E-state index is 13.3. The van der Waals surface area contributed by atoms with E-state index in [4.69, 9.17) is 5.11 Å². The van der Waals surface area contributed by atoms with Crippen LogP contribution in [0.25, 0.3) is 16.9 Å². The lowest BCUT2D eigenvalue weighted by atomic mass is 10.1. The summed E-state index contributed by atoms with van der Waals surface area (Å²) in [6.07, 6.45) is -4.72. The highest BCUT2D eigenvalue weighted by Crippen LogP contribution is 2.35. The Morgan fingerprint density at radius 3 is 2.18 bits per heavy atom. The molecule has 0 amide bonds. The number of aromatic nitrogens is 3. The van der Waals surface area contributed by atoms with Crippen LogP contribution >= 0.6 is 0 Å². The molecule has 1 N–H and O–H groups in total. The van der Waals surface area contributed by atoms with Crippen molar-refractivity contribution < 1.29 is 31.5 Å². The van der Waals surface area contributed by atoms with Gasteiger partial charge in [0.2, 0.25) is 14.9 Å². The lowest BCUT2D eigenvalue weighted by molar-refractivity contribution is -0.137. The SMILES string of the molecule is O=C(O)c1ccc(-n2nnc(S(=O)(=O)c3cccc(C(F)(F)F)c3)c2-c2ccccc2)cc1. The Hall–Kier alpha value is -3.99. The van der Waals surface area contributed by atoms with Gasteiger partial charge in [-0.15, -0.1) is 5.10 Å². The van der Waals surface area contributed by atoms with E-state index in [0.717, 1.165) is 18.2 Å². The summed E-state index contributed by atoms with van der Waals surface area (Å²) in [7, 11) is -4.50. The number of benzene rings is 3. The molecule has 0 aliphatic rings. The Labute approximate surface area is 185 Å². The van der Waals surface area contributed by atoms with E-state index in [-0.39, 0.29) is 11.3 Å². The number of sulfone groups is 1. The number of alkyl halides is 3. The van der Waals surface area contributed by atoms with Gasteiger partial charge in [-0.2, -0.15) is 13.2 Å². The Morgan fingerprint density at radius 2 is 1.58 bits per heavy atom. The molecule has 0 saturated carbocycles. The van der Waals surface area contributed by atoms with E-state index in [1.54, 1.807) is 30.3 Å². The van der Waals surface area contributed by atoms with Crippen LogP contribution in [0.5, 0.6) is 0 Å². The molecule has 0 aliphatic carbocycles. The second-order valence-electron chi connectivity index (χ2n) is 6.90. The normalized spacial score (nSPS) is 12.0. The molecule has 3 aromatic carbocycles. The number of rotatable bonds is 5. The Kier molecular flexibility index (Phi) is 5.50. The average Bonchev–Trinajstić information content (AvgIpc) is 3.25. The first-order valence-corrected chi connectivity index (χ1v) is 10.8. The number of carbonyl (C=O) groups is 1. The van der Waals surface area contributed by atoms with E-state index in [1.807, 2.05) is 0 Å². The first-order chi connectivity index (χ1) is 15.6. The molecule has 0 bridgehead atoms. The predicted molar refractivity (Wildman–Crippen MR) is 111 cm³/mol. The number of hydrogen-bond donors (Lipinski definition) is 1. The van der Waals surface area contributed by atoms with Crippen LogP contribution in [0.1, 0.15) is 15.9 Å². The molecule has 4 rings (SSSR count). The summed E-state index contributed by atoms with van der Waals surface area (Å²) >= 11 is 0. The number of halogens is 3. The van der Waals surface area contributed by atoms with Gasteiger partial charge in [-0.05, 0) is 42.5 Å². The smallest absolute Gasteiger partial charge is 0.416 e. The van der Waals surface area contributed by atoms with Gasteiger partial charge in [0, 0.05) is 5.56 Å². The van der Waals surface area contributed by atoms with E-state index in [0.29, 0.717) is 17.3 Å². The molecular formula is C22H14F3N3O4S. The third kappa shape index (κ3) is 4.22. The van der Waals surface area contributed by atoms with Crippen LogP contribution in [0.15, 0.2) is 88.8 Å². The summed E-state index contributed by atoms with van der Waals surface area (Å²) in [5, 5.41) is 16.3. The number of carboxylic acids is 1. The van der Waals surface area contributed by atoms with Crippen molar-refractivity contribution in [3.05, 3.63) is 90.0 Å². The number of aromatic carboxylic acids is 1. The Balaban J connectivity index is 1.92. The molecular weight excluding hydrogens is 459 g/mol. The monoisotopic (exact) mass is 473 g/mol. The van der Waals surface area contributed by atoms with Gasteiger partial charge in [0.25, 0.3) is 0 Å². The van der Waals surface area contributed by atoms with Crippen molar-refractivity contribution in [2.75, 3.05) is 0 Å². The molecule has 0 fully saturated rings. The first-order valence-electron chi connectivity index (χ1n) is 9.36. The lowest BCUT2D eigenvalue weighted by Gasteiger charge is -2.11. The van der Waals surface area contributed by atoms with Gasteiger partial charge in [-0.1, -0.05) is 41.6 Å². The predicted octanol–water partition coefficient (Wildman–Crippen LogP) is 4.48. The van der Waals surface area contributed by atoms with E-state index in [9.17, 15) is 26.4 Å². The van der Waals surface area contributed by atoms with Crippen LogP contribution in [0.4, 0.5) is 13.2 Å². The van der Waals surface area contributed by atoms with Crippen molar-refractivity contribution in [1.29, 1.82) is 0 Å². The fraction of sp³-hybridized carbons (Fsp3) is 0.0455. The maximum absolute atomic E-state index is 13.3. The van der Waals surface area contributed by atoms with Crippen molar-refractivity contribution in [2.24, 2.45) is 0 Å². The van der Waals surface area contributed by atoms with E-state index in [2.05, 4.69) is 10.3 Å². The van der Waals surface area contributed by atoms with Crippen LogP contribution in [0.3, 0.4) is 0 Å². The zero-order valence-electron chi connectivity index (χ0n) is 16.6. The summed E-state index contributed by atoms with van der Waals surface area (Å²) in [6, 6.07) is 17.1. The van der Waals surface area contributed by atoms with Gasteiger partial charge >= 0.3 is 12.1 Å². The molecule has 1 heterocycles. The van der Waals surface area contributed by atoms with E-state index >= 15 is 0 Å². The number of carboxylic acid groups (broad SMARTS) is 1. The quantitative estimate of drug-likeness (QED) is 0.459. The highest BCUT2D eigenvalue weighted by Gasteiger charge is 2.34. The highest BCUT2D eigenvalue weighted by molar-refractivity contribution is 7.91. The molecule has 33 heavy (non-hydrogen) atoms. The van der Waals surface area contributed by atoms with Crippen molar-refractivity contribution >= 4 is 15.8 Å². The van der Waals surface area contributed by atoms with Crippen LogP contribution in [0, 0.1) is 0 Å². The molecule has 0 radical (unpaired) electrons. The van der Waals surface area contributed by atoms with Crippen molar-refractivity contribution in [3.63, 3.8) is 0 Å². The highest BCUT2D eigenvalue weighted by atomic mass is 32.2. The molecule has 0 spiro atoms. The standard InChI is InChI=1S/C22H14F3N3O4S/c23-22(24,25)16-7-4-8-18(13-16)33(31,32)20-19(14-5-2-1-3-6-14)28(27-26-20)17-11-9-15(10-12-17)21(29)30/h1-13H,(H,29,30). The van der Waals surface area contributed by atoms with Crippen molar-refractivity contribution in [3.8, 4) is 16.9 Å². The van der Waals surface area contributed by atoms with E-state index in [1.165, 1.54) is 28.9 Å². The fourth-order valence-electron chi connectivity index (χ4n) is 3.17. The van der Waals surface area contributed by atoms with Gasteiger partial charge in [0.05, 0.1) is 21.7 Å². The largest absolute Gasteiger partial charge is 0.478 e. The topological polar surface area (TPSA) is 102 Å². The van der Waals surface area contributed by atoms with Gasteiger partial charge in [-0.3, -0.25) is 0 Å². The van der Waals surface area contributed by atoms with E-state index < -0.39 is 37.5 Å². The third-order valence-corrected chi connectivity index (χ3v) is 6.43. The molecule has 4 aromatic rings. The molecule has 168 valence electrons. The van der Waals surface area contributed by atoms with Gasteiger partial charge in [0.1, 0.15) is 5.69 Å². The maximum Gasteiger partial charge on any atom is 0.416 e. The Morgan fingerprint density at radius 1 is 0.909 bits per heavy atom. The van der Waals surface area contributed by atoms with Gasteiger partial charge < -0.3 is 5.11 Å². The summed E-state index contributed by atoms with van der Waals surface area (Å²) in [4.78, 5) is 10.6. The minimum Gasteiger partial charge on any atom is -0.478 e. The molecule has 7 nitrogen and oxygen atoms in total. The van der Waals surface area contributed by atoms with Crippen LogP contribution < -0.4 is 0 Å². The summed E-state index contributed by atoms with van der Waals surface area (Å²) in [5.41, 5.74) is -0.360. The minimum absolute atomic E-state index is 0.0111. The molecule has 11 heteroatoms. The summed E-state index contributed by atoms with van der Waals surface area (Å²) in [6.45, 7) is 0. The fourth-order valence-corrected chi connectivity index (χ4v) is 4.53. The number of nitrogens with zero attached hydrogens (tertiary/aromatic N) is 3. The molecule has 0 saturated heterocycles. The molecule has 0 aliphatic heterocycles. The van der Waals surface area contributed by atoms with Crippen molar-refractivity contribution in [2.45, 2.75) is 16.1 Å². The molecule has 1 aromatic heterocycles. The zero-order valence-corrected chi connectivity index (χ0v) is 17.4. The first kappa shape index (κ1) is 22.2. The van der Waals surface area contributed by atoms with Gasteiger partial charge in [-0.25, -0.2) is 17.9 Å². The third-order valence-electron chi connectivity index (χ3n) is 4.77. The second kappa shape index (κ2) is 8.17.